The fourth-order valence-electron chi connectivity index (χ4n) is 9.43. The fraction of sp³-hybridized carbons (Fsp3) is 0.889. The van der Waals surface area contributed by atoms with Gasteiger partial charge in [0.2, 0.25) is 0 Å². The van der Waals surface area contributed by atoms with E-state index in [0.717, 1.165) is 31.1 Å². The van der Waals surface area contributed by atoms with Crippen molar-refractivity contribution in [1.29, 1.82) is 0 Å². The van der Waals surface area contributed by atoms with Crippen molar-refractivity contribution in [2.45, 2.75) is 69.7 Å². The zero-order valence-electron chi connectivity index (χ0n) is 20.6. The van der Waals surface area contributed by atoms with Crippen LogP contribution in [-0.2, 0) is 33.3 Å². The minimum Gasteiger partial charge on any atom is -0.459 e. The van der Waals surface area contributed by atoms with E-state index >= 15 is 0 Å². The summed E-state index contributed by atoms with van der Waals surface area (Å²) in [5.41, 5.74) is -0.403. The summed E-state index contributed by atoms with van der Waals surface area (Å²) < 4.78 is 23.4. The smallest absolute Gasteiger partial charge is 0.320 e. The molecule has 0 aromatic carbocycles. The van der Waals surface area contributed by atoms with E-state index in [1.54, 1.807) is 0 Å². The third kappa shape index (κ3) is 3.41. The zero-order chi connectivity index (χ0) is 23.9. The average molecular weight is 488 g/mol. The summed E-state index contributed by atoms with van der Waals surface area (Å²) in [4.78, 5) is 41.3. The first-order chi connectivity index (χ1) is 17.0. The number of carbonyl (C=O) groups excluding carboxylic acids is 3. The van der Waals surface area contributed by atoms with Gasteiger partial charge in [0.05, 0.1) is 31.6 Å². The molecule has 7 aliphatic rings. The van der Waals surface area contributed by atoms with Crippen LogP contribution in [0.1, 0.15) is 51.9 Å². The highest BCUT2D eigenvalue weighted by atomic mass is 16.6. The first-order valence-electron chi connectivity index (χ1n) is 13.9. The van der Waals surface area contributed by atoms with E-state index < -0.39 is 29.6 Å². The van der Waals surface area contributed by atoms with E-state index in [-0.39, 0.29) is 36.3 Å². The minimum absolute atomic E-state index is 0.0531. The topological polar surface area (TPSA) is 91.4 Å². The molecular weight excluding hydrogens is 450 g/mol. The number of carbonyl (C=O) groups is 3. The highest BCUT2D eigenvalue weighted by Gasteiger charge is 2.71. The fourth-order valence-corrected chi connectivity index (χ4v) is 9.43. The van der Waals surface area contributed by atoms with Crippen molar-refractivity contribution >= 4 is 17.9 Å². The number of esters is 3. The average Bonchev–Trinajstić information content (AvgIpc) is 3.65. The molecule has 0 N–H and O–H groups in total. The molecule has 2 aliphatic heterocycles. The van der Waals surface area contributed by atoms with E-state index in [0.29, 0.717) is 44.6 Å². The van der Waals surface area contributed by atoms with E-state index in [4.69, 9.17) is 18.9 Å². The standard InChI is InChI=1S/C27H37NO7/c1-2-27(11-18-14-3-4-15(9-14)19(18)12-27)35-26(31)22-17-10-16-21(22)25(30)34-24(16)23(17)33-20(29)13-28-5-7-32-8-6-28/h14-19,21-24H,2-13H2,1H3. The van der Waals surface area contributed by atoms with Crippen molar-refractivity contribution < 1.29 is 33.3 Å². The number of ether oxygens (including phenoxy) is 4. The summed E-state index contributed by atoms with van der Waals surface area (Å²) in [6, 6.07) is 0. The molecular formula is C27H37NO7. The van der Waals surface area contributed by atoms with Gasteiger partial charge in [-0.2, -0.15) is 0 Å². The molecule has 8 nitrogen and oxygen atoms in total. The van der Waals surface area contributed by atoms with Gasteiger partial charge in [-0.3, -0.25) is 19.3 Å². The monoisotopic (exact) mass is 487 g/mol. The summed E-state index contributed by atoms with van der Waals surface area (Å²) >= 11 is 0. The Hall–Kier alpha value is -1.67. The van der Waals surface area contributed by atoms with Crippen molar-refractivity contribution in [1.82, 2.24) is 4.90 Å². The third-order valence-electron chi connectivity index (χ3n) is 11.0. The summed E-state index contributed by atoms with van der Waals surface area (Å²) in [6.07, 6.45) is 6.50. The second-order valence-electron chi connectivity index (χ2n) is 12.4. The first-order valence-corrected chi connectivity index (χ1v) is 13.9. The van der Waals surface area contributed by atoms with Crippen LogP contribution < -0.4 is 0 Å². The zero-order valence-corrected chi connectivity index (χ0v) is 20.6. The lowest BCUT2D eigenvalue weighted by molar-refractivity contribution is -0.176. The number of fused-ring (bicyclic) bond motifs is 6. The first kappa shape index (κ1) is 22.5. The van der Waals surface area contributed by atoms with Crippen LogP contribution in [0.15, 0.2) is 0 Å². The molecule has 7 fully saturated rings. The van der Waals surface area contributed by atoms with Crippen molar-refractivity contribution in [3.8, 4) is 0 Å². The maximum absolute atomic E-state index is 13.7. The summed E-state index contributed by atoms with van der Waals surface area (Å²) in [6.45, 7) is 4.95. The van der Waals surface area contributed by atoms with Gasteiger partial charge in [-0.05, 0) is 68.6 Å². The molecule has 35 heavy (non-hydrogen) atoms. The number of morpholine rings is 1. The van der Waals surface area contributed by atoms with Crippen LogP contribution in [0.2, 0.25) is 0 Å². The lowest BCUT2D eigenvalue weighted by atomic mass is 9.78. The molecule has 0 aromatic heterocycles. The molecule has 8 heteroatoms. The maximum Gasteiger partial charge on any atom is 0.320 e. The molecule has 2 saturated heterocycles. The van der Waals surface area contributed by atoms with Gasteiger partial charge in [-0.25, -0.2) is 0 Å². The van der Waals surface area contributed by atoms with Crippen LogP contribution in [-0.4, -0.2) is 73.5 Å². The van der Waals surface area contributed by atoms with Crippen molar-refractivity contribution in [3.05, 3.63) is 0 Å². The molecule has 10 unspecified atom stereocenters. The van der Waals surface area contributed by atoms with E-state index in [2.05, 4.69) is 6.92 Å². The second-order valence-corrected chi connectivity index (χ2v) is 12.4. The summed E-state index contributed by atoms with van der Waals surface area (Å²) in [5, 5.41) is 0. The molecule has 4 bridgehead atoms. The Balaban J connectivity index is 1.06. The molecule has 2 heterocycles. The molecule has 7 rings (SSSR count). The Kier molecular flexibility index (Phi) is 5.26. The quantitative estimate of drug-likeness (QED) is 0.416. The largest absolute Gasteiger partial charge is 0.459 e. The number of hydrogen-bond acceptors (Lipinski definition) is 8. The Morgan fingerprint density at radius 3 is 2.43 bits per heavy atom. The number of rotatable bonds is 6. The van der Waals surface area contributed by atoms with Gasteiger partial charge in [-0.1, -0.05) is 6.92 Å². The predicted octanol–water partition coefficient (Wildman–Crippen LogP) is 2.19. The highest BCUT2D eigenvalue weighted by Crippen LogP contribution is 2.63. The van der Waals surface area contributed by atoms with Crippen LogP contribution in [0.3, 0.4) is 0 Å². The summed E-state index contributed by atoms with van der Waals surface area (Å²) in [7, 11) is 0. The van der Waals surface area contributed by atoms with E-state index in [1.165, 1.54) is 19.3 Å². The lowest BCUT2D eigenvalue weighted by Crippen LogP contribution is -2.47. The van der Waals surface area contributed by atoms with E-state index in [1.807, 2.05) is 4.90 Å². The molecule has 0 radical (unpaired) electrons. The van der Waals surface area contributed by atoms with Crippen LogP contribution in [0.5, 0.6) is 0 Å². The van der Waals surface area contributed by atoms with E-state index in [9.17, 15) is 14.4 Å². The van der Waals surface area contributed by atoms with Crippen LogP contribution in [0, 0.1) is 47.3 Å². The summed E-state index contributed by atoms with van der Waals surface area (Å²) in [5.74, 6) is 0.835. The number of hydrogen-bond donors (Lipinski definition) is 0. The van der Waals surface area contributed by atoms with Crippen LogP contribution >= 0.6 is 0 Å². The van der Waals surface area contributed by atoms with Crippen LogP contribution in [0.4, 0.5) is 0 Å². The van der Waals surface area contributed by atoms with Gasteiger partial charge in [0, 0.05) is 24.9 Å². The second kappa shape index (κ2) is 8.17. The Morgan fingerprint density at radius 2 is 1.74 bits per heavy atom. The molecule has 5 aliphatic carbocycles. The Bertz CT molecular complexity index is 897. The van der Waals surface area contributed by atoms with Crippen molar-refractivity contribution in [2.75, 3.05) is 32.8 Å². The van der Waals surface area contributed by atoms with Gasteiger partial charge < -0.3 is 18.9 Å². The normalized spacial score (nSPS) is 49.3. The van der Waals surface area contributed by atoms with Crippen LogP contribution in [0.25, 0.3) is 0 Å². The molecule has 0 aromatic rings. The van der Waals surface area contributed by atoms with Gasteiger partial charge in [-0.15, -0.1) is 0 Å². The Labute approximate surface area is 206 Å². The van der Waals surface area contributed by atoms with Gasteiger partial charge in [0.25, 0.3) is 0 Å². The highest BCUT2D eigenvalue weighted by molar-refractivity contribution is 5.86. The SMILES string of the molecule is CCC1(OC(=O)C2C3CC4C(OC(=O)C42)C3OC(=O)CN2CCOCC2)CC2C3CCC(C3)C2C1. The minimum atomic E-state index is -0.562. The maximum atomic E-state index is 13.7. The molecule has 0 amide bonds. The van der Waals surface area contributed by atoms with Gasteiger partial charge >= 0.3 is 17.9 Å². The molecule has 5 saturated carbocycles. The van der Waals surface area contributed by atoms with Gasteiger partial charge in [0.15, 0.2) is 0 Å². The molecule has 10 atom stereocenters. The molecule has 0 spiro atoms. The lowest BCUT2D eigenvalue weighted by Gasteiger charge is -2.35. The third-order valence-corrected chi connectivity index (χ3v) is 11.0. The predicted molar refractivity (Wildman–Crippen MR) is 122 cm³/mol. The van der Waals surface area contributed by atoms with Crippen molar-refractivity contribution in [2.24, 2.45) is 47.3 Å². The molecule has 192 valence electrons. The Morgan fingerprint density at radius 1 is 1.03 bits per heavy atom. The van der Waals surface area contributed by atoms with Crippen molar-refractivity contribution in [3.63, 3.8) is 0 Å². The van der Waals surface area contributed by atoms with Gasteiger partial charge in [0.1, 0.15) is 17.8 Å². The number of nitrogens with zero attached hydrogens (tertiary/aromatic N) is 1.